The topological polar surface area (TPSA) is 66.5 Å². The average Bonchev–Trinajstić information content (AvgIpc) is 2.89. The van der Waals surface area contributed by atoms with E-state index >= 15 is 0 Å². The molecule has 1 fully saturated rings. The predicted molar refractivity (Wildman–Crippen MR) is 94.8 cm³/mol. The number of carbonyl (C=O) groups is 3. The Kier molecular flexibility index (Phi) is 5.14. The van der Waals surface area contributed by atoms with Crippen molar-refractivity contribution in [2.45, 2.75) is 11.7 Å². The van der Waals surface area contributed by atoms with E-state index in [1.807, 2.05) is 0 Å². The standard InChI is InChI=1S/C18H15FN2O3S/c19-12-6-8-13(9-7-12)20-16(22)11-25-15-10-17(23)21(18(15)24)14-4-2-1-3-5-14/h1-9,15H,10-11H2,(H,20,22)/t15-/m1/s1. The molecule has 1 N–H and O–H groups in total. The van der Waals surface area contributed by atoms with Crippen molar-refractivity contribution < 1.29 is 18.8 Å². The summed E-state index contributed by atoms with van der Waals surface area (Å²) in [6.07, 6.45) is 0.0716. The van der Waals surface area contributed by atoms with Gasteiger partial charge in [-0.15, -0.1) is 11.8 Å². The molecule has 0 saturated carbocycles. The van der Waals surface area contributed by atoms with E-state index in [1.165, 1.54) is 24.3 Å². The Morgan fingerprint density at radius 1 is 1.12 bits per heavy atom. The Morgan fingerprint density at radius 2 is 1.80 bits per heavy atom. The lowest BCUT2D eigenvalue weighted by molar-refractivity contribution is -0.121. The molecule has 1 aliphatic rings. The van der Waals surface area contributed by atoms with Crippen molar-refractivity contribution >= 4 is 40.9 Å². The van der Waals surface area contributed by atoms with Gasteiger partial charge in [0.05, 0.1) is 16.7 Å². The summed E-state index contributed by atoms with van der Waals surface area (Å²) in [5.74, 6) is -1.24. The lowest BCUT2D eigenvalue weighted by Gasteiger charge is -2.14. The number of imide groups is 1. The van der Waals surface area contributed by atoms with Gasteiger partial charge in [0.15, 0.2) is 0 Å². The second-order valence-electron chi connectivity index (χ2n) is 5.46. The van der Waals surface area contributed by atoms with Gasteiger partial charge < -0.3 is 5.32 Å². The van der Waals surface area contributed by atoms with Crippen molar-refractivity contribution in [1.82, 2.24) is 0 Å². The van der Waals surface area contributed by atoms with Crippen molar-refractivity contribution in [1.29, 1.82) is 0 Å². The van der Waals surface area contributed by atoms with Crippen LogP contribution < -0.4 is 10.2 Å². The molecule has 128 valence electrons. The molecular weight excluding hydrogens is 343 g/mol. The number of thioether (sulfide) groups is 1. The van der Waals surface area contributed by atoms with Crippen molar-refractivity contribution in [3.63, 3.8) is 0 Å². The van der Waals surface area contributed by atoms with Gasteiger partial charge in [0.25, 0.3) is 0 Å². The van der Waals surface area contributed by atoms with Crippen LogP contribution in [0.2, 0.25) is 0 Å². The smallest absolute Gasteiger partial charge is 0.247 e. The van der Waals surface area contributed by atoms with Crippen LogP contribution in [0.5, 0.6) is 0 Å². The Balaban J connectivity index is 1.57. The lowest BCUT2D eigenvalue weighted by Crippen LogP contribution is -2.31. The number of halogens is 1. The number of para-hydroxylation sites is 1. The van der Waals surface area contributed by atoms with Gasteiger partial charge in [-0.25, -0.2) is 9.29 Å². The highest BCUT2D eigenvalue weighted by Gasteiger charge is 2.39. The number of benzene rings is 2. The molecule has 1 heterocycles. The van der Waals surface area contributed by atoms with Crippen LogP contribution in [-0.4, -0.2) is 28.7 Å². The van der Waals surface area contributed by atoms with E-state index in [1.54, 1.807) is 30.3 Å². The number of nitrogens with zero attached hydrogens (tertiary/aromatic N) is 1. The number of carbonyl (C=O) groups excluding carboxylic acids is 3. The summed E-state index contributed by atoms with van der Waals surface area (Å²) in [7, 11) is 0. The fourth-order valence-electron chi connectivity index (χ4n) is 2.49. The normalized spacial score (nSPS) is 17.0. The van der Waals surface area contributed by atoms with Crippen LogP contribution in [-0.2, 0) is 14.4 Å². The molecule has 0 aliphatic carbocycles. The zero-order valence-electron chi connectivity index (χ0n) is 13.1. The lowest BCUT2D eigenvalue weighted by atomic mass is 10.3. The van der Waals surface area contributed by atoms with Crippen LogP contribution in [0.3, 0.4) is 0 Å². The minimum absolute atomic E-state index is 0.0314. The minimum Gasteiger partial charge on any atom is -0.325 e. The Hall–Kier alpha value is -2.67. The minimum atomic E-state index is -0.577. The molecule has 7 heteroatoms. The monoisotopic (exact) mass is 358 g/mol. The Morgan fingerprint density at radius 3 is 2.48 bits per heavy atom. The molecule has 0 aromatic heterocycles. The summed E-state index contributed by atoms with van der Waals surface area (Å²) in [4.78, 5) is 37.7. The molecule has 1 saturated heterocycles. The van der Waals surface area contributed by atoms with Crippen molar-refractivity contribution in [3.05, 3.63) is 60.4 Å². The van der Waals surface area contributed by atoms with Crippen LogP contribution in [0.1, 0.15) is 6.42 Å². The summed E-state index contributed by atoms with van der Waals surface area (Å²) in [5, 5.41) is 2.05. The highest BCUT2D eigenvalue weighted by Crippen LogP contribution is 2.29. The first-order valence-corrected chi connectivity index (χ1v) is 8.68. The molecule has 25 heavy (non-hydrogen) atoms. The van der Waals surface area contributed by atoms with Gasteiger partial charge in [-0.05, 0) is 36.4 Å². The maximum absolute atomic E-state index is 12.8. The fourth-order valence-corrected chi connectivity index (χ4v) is 3.42. The highest BCUT2D eigenvalue weighted by atomic mass is 32.2. The maximum Gasteiger partial charge on any atom is 0.247 e. The third-order valence-electron chi connectivity index (χ3n) is 3.66. The summed E-state index contributed by atoms with van der Waals surface area (Å²) in [5.41, 5.74) is 1.02. The largest absolute Gasteiger partial charge is 0.325 e. The number of anilines is 2. The van der Waals surface area contributed by atoms with E-state index in [0.29, 0.717) is 11.4 Å². The van der Waals surface area contributed by atoms with Gasteiger partial charge in [0.2, 0.25) is 17.7 Å². The fraction of sp³-hybridized carbons (Fsp3) is 0.167. The molecule has 0 spiro atoms. The number of nitrogens with one attached hydrogen (secondary N) is 1. The van der Waals surface area contributed by atoms with E-state index in [9.17, 15) is 18.8 Å². The van der Waals surface area contributed by atoms with Gasteiger partial charge in [-0.3, -0.25) is 14.4 Å². The predicted octanol–water partition coefficient (Wildman–Crippen LogP) is 2.83. The van der Waals surface area contributed by atoms with E-state index in [2.05, 4.69) is 5.32 Å². The zero-order valence-corrected chi connectivity index (χ0v) is 14.0. The molecule has 5 nitrogen and oxygen atoms in total. The van der Waals surface area contributed by atoms with Gasteiger partial charge in [0.1, 0.15) is 5.82 Å². The molecular formula is C18H15FN2O3S. The summed E-state index contributed by atoms with van der Waals surface area (Å²) in [6, 6.07) is 14.1. The summed E-state index contributed by atoms with van der Waals surface area (Å²) >= 11 is 1.13. The molecule has 0 unspecified atom stereocenters. The second kappa shape index (κ2) is 7.48. The molecule has 0 bridgehead atoms. The first-order chi connectivity index (χ1) is 12.0. The Bertz CT molecular complexity index is 796. The first kappa shape index (κ1) is 17.2. The third kappa shape index (κ3) is 4.06. The van der Waals surface area contributed by atoms with Crippen molar-refractivity contribution in [2.75, 3.05) is 16.0 Å². The Labute approximate surface area is 148 Å². The quantitative estimate of drug-likeness (QED) is 0.835. The SMILES string of the molecule is O=C(CS[C@@H]1CC(=O)N(c2ccccc2)C1=O)Nc1ccc(F)cc1. The number of rotatable bonds is 5. The zero-order chi connectivity index (χ0) is 17.8. The first-order valence-electron chi connectivity index (χ1n) is 7.63. The molecule has 3 rings (SSSR count). The molecule has 0 radical (unpaired) electrons. The van der Waals surface area contributed by atoms with Crippen LogP contribution >= 0.6 is 11.8 Å². The number of hydrogen-bond acceptors (Lipinski definition) is 4. The average molecular weight is 358 g/mol. The maximum atomic E-state index is 12.8. The van der Waals surface area contributed by atoms with E-state index in [-0.39, 0.29) is 35.7 Å². The second-order valence-corrected chi connectivity index (χ2v) is 6.65. The van der Waals surface area contributed by atoms with Crippen molar-refractivity contribution in [2.24, 2.45) is 0 Å². The summed E-state index contributed by atoms with van der Waals surface area (Å²) < 4.78 is 12.8. The van der Waals surface area contributed by atoms with Crippen LogP contribution in [0.25, 0.3) is 0 Å². The van der Waals surface area contributed by atoms with Gasteiger partial charge >= 0.3 is 0 Å². The molecule has 3 amide bonds. The highest BCUT2D eigenvalue weighted by molar-refractivity contribution is 8.01. The van der Waals surface area contributed by atoms with Crippen molar-refractivity contribution in [3.8, 4) is 0 Å². The van der Waals surface area contributed by atoms with Crippen LogP contribution in [0.15, 0.2) is 54.6 Å². The summed E-state index contributed by atoms with van der Waals surface area (Å²) in [6.45, 7) is 0. The third-order valence-corrected chi connectivity index (χ3v) is 4.86. The van der Waals surface area contributed by atoms with E-state index < -0.39 is 5.25 Å². The van der Waals surface area contributed by atoms with Crippen LogP contribution in [0, 0.1) is 5.82 Å². The van der Waals surface area contributed by atoms with Gasteiger partial charge in [0, 0.05) is 12.1 Å². The number of hydrogen-bond donors (Lipinski definition) is 1. The van der Waals surface area contributed by atoms with Gasteiger partial charge in [-0.1, -0.05) is 18.2 Å². The molecule has 2 aromatic carbocycles. The molecule has 2 aromatic rings. The van der Waals surface area contributed by atoms with E-state index in [4.69, 9.17) is 0 Å². The number of amides is 3. The van der Waals surface area contributed by atoms with Gasteiger partial charge in [-0.2, -0.15) is 0 Å². The molecule has 1 atom stereocenters. The van der Waals surface area contributed by atoms with Crippen LogP contribution in [0.4, 0.5) is 15.8 Å². The van der Waals surface area contributed by atoms with E-state index in [0.717, 1.165) is 16.7 Å². The molecule has 1 aliphatic heterocycles.